The van der Waals surface area contributed by atoms with Gasteiger partial charge in [0, 0.05) is 13.6 Å². The number of carbonyl (C=O) groups excluding carboxylic acids is 1. The van der Waals surface area contributed by atoms with E-state index in [1.807, 2.05) is 13.8 Å². The van der Waals surface area contributed by atoms with Gasteiger partial charge in [-0.3, -0.25) is 4.79 Å². The zero-order chi connectivity index (χ0) is 13.5. The Morgan fingerprint density at radius 2 is 2.22 bits per heavy atom. The van der Waals surface area contributed by atoms with Gasteiger partial charge in [-0.25, -0.2) is 0 Å². The van der Waals surface area contributed by atoms with Crippen LogP contribution in [0.15, 0.2) is 12.1 Å². The number of hydrogen-bond acceptors (Lipinski definition) is 5. The molecule has 1 aromatic rings. The molecule has 0 aliphatic carbocycles. The number of nitrogens with zero attached hydrogens (tertiary/aromatic N) is 2. The van der Waals surface area contributed by atoms with Crippen LogP contribution in [0, 0.1) is 0 Å². The third-order valence-electron chi connectivity index (χ3n) is 2.30. The molecule has 1 heterocycles. The van der Waals surface area contributed by atoms with Crippen LogP contribution in [-0.2, 0) is 4.79 Å². The maximum Gasteiger partial charge on any atom is 0.239 e. The topological polar surface area (TPSA) is 80.5 Å². The van der Waals surface area contributed by atoms with Crippen molar-refractivity contribution in [2.75, 3.05) is 37.4 Å². The van der Waals surface area contributed by atoms with Crippen molar-refractivity contribution in [2.24, 2.45) is 0 Å². The number of anilines is 2. The molecule has 0 atom stereocenters. The van der Waals surface area contributed by atoms with Gasteiger partial charge in [0.25, 0.3) is 0 Å². The summed E-state index contributed by atoms with van der Waals surface area (Å²) in [5, 5.41) is 2.73. The molecule has 0 aromatic carbocycles. The molecule has 0 saturated heterocycles. The highest BCUT2D eigenvalue weighted by atomic mass is 16.5. The second-order valence-electron chi connectivity index (χ2n) is 3.81. The molecule has 18 heavy (non-hydrogen) atoms. The number of pyridine rings is 1. The second-order valence-corrected chi connectivity index (χ2v) is 3.81. The first-order valence-electron chi connectivity index (χ1n) is 5.95. The lowest BCUT2D eigenvalue weighted by molar-refractivity contribution is -0.119. The molecule has 3 N–H and O–H groups in total. The Bertz CT molecular complexity index is 409. The number of nitrogens with one attached hydrogen (secondary N) is 1. The third-order valence-corrected chi connectivity index (χ3v) is 2.30. The number of carbonyl (C=O) groups is 1. The predicted octanol–water partition coefficient (Wildman–Crippen LogP) is 0.635. The van der Waals surface area contributed by atoms with Crippen molar-refractivity contribution in [1.29, 1.82) is 0 Å². The van der Waals surface area contributed by atoms with Gasteiger partial charge in [0.15, 0.2) is 0 Å². The molecule has 0 radical (unpaired) electrons. The van der Waals surface area contributed by atoms with Gasteiger partial charge >= 0.3 is 0 Å². The van der Waals surface area contributed by atoms with E-state index in [-0.39, 0.29) is 12.5 Å². The summed E-state index contributed by atoms with van der Waals surface area (Å²) in [6.45, 7) is 5.11. The molecule has 0 bridgehead atoms. The smallest absolute Gasteiger partial charge is 0.239 e. The van der Waals surface area contributed by atoms with E-state index in [1.165, 1.54) is 0 Å². The largest absolute Gasteiger partial charge is 0.476 e. The number of likely N-dealkylation sites (N-methyl/N-ethyl adjacent to an activating group) is 2. The van der Waals surface area contributed by atoms with Gasteiger partial charge in [0.1, 0.15) is 5.82 Å². The minimum atomic E-state index is -0.0448. The first kappa shape index (κ1) is 14.1. The fourth-order valence-electron chi connectivity index (χ4n) is 1.46. The number of nitrogen functional groups attached to an aromatic ring is 1. The molecule has 0 unspecified atom stereocenters. The summed E-state index contributed by atoms with van der Waals surface area (Å²) in [5.41, 5.74) is 6.23. The average molecular weight is 252 g/mol. The van der Waals surface area contributed by atoms with Crippen LogP contribution in [0.25, 0.3) is 0 Å². The lowest BCUT2D eigenvalue weighted by Crippen LogP contribution is -2.35. The van der Waals surface area contributed by atoms with Crippen LogP contribution in [-0.4, -0.2) is 37.6 Å². The van der Waals surface area contributed by atoms with Crippen LogP contribution >= 0.6 is 0 Å². The van der Waals surface area contributed by atoms with Crippen LogP contribution in [0.2, 0.25) is 0 Å². The molecule has 0 saturated carbocycles. The fraction of sp³-hybridized carbons (Fsp3) is 0.500. The summed E-state index contributed by atoms with van der Waals surface area (Å²) in [6.07, 6.45) is 0. The van der Waals surface area contributed by atoms with Crippen molar-refractivity contribution in [3.05, 3.63) is 12.1 Å². The van der Waals surface area contributed by atoms with Crippen molar-refractivity contribution >= 4 is 17.4 Å². The van der Waals surface area contributed by atoms with Crippen LogP contribution in [0.1, 0.15) is 13.8 Å². The molecular formula is C12H20N4O2. The Morgan fingerprint density at radius 3 is 2.83 bits per heavy atom. The number of nitrogens with two attached hydrogens (primary N) is 1. The summed E-state index contributed by atoms with van der Waals surface area (Å²) in [4.78, 5) is 17.5. The molecule has 6 nitrogen and oxygen atoms in total. The molecule has 0 fully saturated rings. The monoisotopic (exact) mass is 252 g/mol. The molecule has 1 aromatic heterocycles. The third kappa shape index (κ3) is 3.80. The zero-order valence-electron chi connectivity index (χ0n) is 11.1. The highest BCUT2D eigenvalue weighted by Gasteiger charge is 2.10. The van der Waals surface area contributed by atoms with Gasteiger partial charge in [0.2, 0.25) is 11.8 Å². The highest BCUT2D eigenvalue weighted by molar-refractivity contribution is 5.80. The molecule has 6 heteroatoms. The zero-order valence-corrected chi connectivity index (χ0v) is 11.1. The summed E-state index contributed by atoms with van der Waals surface area (Å²) in [5.74, 6) is 1.01. The standard InChI is InChI=1S/C12H20N4O2/c1-4-14-11(17)8-16(3)10-7-6-9(13)12(15-10)18-5-2/h6-7H,4-5,8,13H2,1-3H3,(H,14,17). The lowest BCUT2D eigenvalue weighted by Gasteiger charge is -2.18. The first-order chi connectivity index (χ1) is 8.58. The molecule has 1 amide bonds. The van der Waals surface area contributed by atoms with Crippen molar-refractivity contribution in [3.8, 4) is 5.88 Å². The Hall–Kier alpha value is -1.98. The molecule has 100 valence electrons. The quantitative estimate of drug-likeness (QED) is 0.776. The van der Waals surface area contributed by atoms with E-state index in [0.717, 1.165) is 0 Å². The van der Waals surface area contributed by atoms with Gasteiger partial charge in [0.05, 0.1) is 18.8 Å². The molecule has 0 spiro atoms. The van der Waals surface area contributed by atoms with Crippen molar-refractivity contribution in [2.45, 2.75) is 13.8 Å². The van der Waals surface area contributed by atoms with E-state index in [0.29, 0.717) is 30.5 Å². The summed E-state index contributed by atoms with van der Waals surface area (Å²) >= 11 is 0. The van der Waals surface area contributed by atoms with E-state index in [1.54, 1.807) is 24.1 Å². The molecular weight excluding hydrogens is 232 g/mol. The van der Waals surface area contributed by atoms with E-state index >= 15 is 0 Å². The van der Waals surface area contributed by atoms with E-state index < -0.39 is 0 Å². The molecule has 0 aliphatic heterocycles. The summed E-state index contributed by atoms with van der Waals surface area (Å²) < 4.78 is 5.32. The van der Waals surface area contributed by atoms with E-state index in [4.69, 9.17) is 10.5 Å². The van der Waals surface area contributed by atoms with Gasteiger partial charge in [-0.05, 0) is 26.0 Å². The second kappa shape index (κ2) is 6.68. The fourth-order valence-corrected chi connectivity index (χ4v) is 1.46. The number of hydrogen-bond donors (Lipinski definition) is 2. The summed E-state index contributed by atoms with van der Waals surface area (Å²) in [7, 11) is 1.80. The molecule has 0 aliphatic rings. The minimum absolute atomic E-state index is 0.0448. The Balaban J connectivity index is 2.76. The van der Waals surface area contributed by atoms with Crippen LogP contribution in [0.4, 0.5) is 11.5 Å². The maximum atomic E-state index is 11.5. The number of aromatic nitrogens is 1. The van der Waals surface area contributed by atoms with Crippen LogP contribution in [0.3, 0.4) is 0 Å². The summed E-state index contributed by atoms with van der Waals surface area (Å²) in [6, 6.07) is 3.48. The van der Waals surface area contributed by atoms with Crippen LogP contribution in [0.5, 0.6) is 5.88 Å². The Kier molecular flexibility index (Phi) is 5.23. The van der Waals surface area contributed by atoms with Gasteiger partial charge in [-0.15, -0.1) is 0 Å². The van der Waals surface area contributed by atoms with Crippen molar-refractivity contribution in [1.82, 2.24) is 10.3 Å². The van der Waals surface area contributed by atoms with Crippen LogP contribution < -0.4 is 20.7 Å². The number of rotatable bonds is 6. The van der Waals surface area contributed by atoms with Gasteiger partial charge in [-0.2, -0.15) is 4.98 Å². The maximum absolute atomic E-state index is 11.5. The predicted molar refractivity (Wildman–Crippen MR) is 71.8 cm³/mol. The lowest BCUT2D eigenvalue weighted by atomic mass is 10.3. The van der Waals surface area contributed by atoms with Gasteiger partial charge in [-0.1, -0.05) is 0 Å². The highest BCUT2D eigenvalue weighted by Crippen LogP contribution is 2.22. The van der Waals surface area contributed by atoms with Gasteiger partial charge < -0.3 is 20.7 Å². The normalized spacial score (nSPS) is 9.94. The minimum Gasteiger partial charge on any atom is -0.476 e. The Labute approximate surface area is 107 Å². The van der Waals surface area contributed by atoms with Crippen molar-refractivity contribution < 1.29 is 9.53 Å². The first-order valence-corrected chi connectivity index (χ1v) is 5.95. The Morgan fingerprint density at radius 1 is 1.50 bits per heavy atom. The van der Waals surface area contributed by atoms with E-state index in [9.17, 15) is 4.79 Å². The van der Waals surface area contributed by atoms with E-state index in [2.05, 4.69) is 10.3 Å². The molecule has 1 rings (SSSR count). The number of ether oxygens (including phenoxy) is 1. The number of amides is 1. The average Bonchev–Trinajstić information content (AvgIpc) is 2.32. The van der Waals surface area contributed by atoms with Crippen molar-refractivity contribution in [3.63, 3.8) is 0 Å². The SMILES string of the molecule is CCNC(=O)CN(C)c1ccc(N)c(OCC)n1.